The highest BCUT2D eigenvalue weighted by atomic mass is 35.5. The summed E-state index contributed by atoms with van der Waals surface area (Å²) in [6, 6.07) is 3.34. The topological polar surface area (TPSA) is 36.9 Å². The molecule has 122 valence electrons. The summed E-state index contributed by atoms with van der Waals surface area (Å²) in [5, 5.41) is 0.925. The van der Waals surface area contributed by atoms with Crippen LogP contribution in [-0.4, -0.2) is 31.7 Å². The Morgan fingerprint density at radius 3 is 2.23 bits per heavy atom. The molecule has 1 aromatic rings. The van der Waals surface area contributed by atoms with Gasteiger partial charge in [-0.1, -0.05) is 23.2 Å². The maximum atomic E-state index is 6.35. The number of halogens is 2. The first-order valence-electron chi connectivity index (χ1n) is 7.23. The lowest BCUT2D eigenvalue weighted by Crippen LogP contribution is -2.41. The van der Waals surface area contributed by atoms with E-state index in [1.54, 1.807) is 12.1 Å². The first-order chi connectivity index (χ1) is 10.2. The van der Waals surface area contributed by atoms with Crippen LogP contribution in [0.3, 0.4) is 0 Å². The van der Waals surface area contributed by atoms with E-state index in [1.807, 2.05) is 34.6 Å². The molecule has 0 aliphatic carbocycles. The molecule has 0 atom stereocenters. The van der Waals surface area contributed by atoms with Crippen molar-refractivity contribution in [3.8, 4) is 5.75 Å². The van der Waals surface area contributed by atoms with Crippen LogP contribution in [0.25, 0.3) is 0 Å². The molecule has 0 spiro atoms. The minimum absolute atomic E-state index is 0.111. The first kappa shape index (κ1) is 17.9. The van der Waals surface area contributed by atoms with E-state index in [2.05, 4.69) is 0 Å². The third-order valence-corrected chi connectivity index (χ3v) is 4.58. The Morgan fingerprint density at radius 2 is 1.68 bits per heavy atom. The predicted octanol–water partition coefficient (Wildman–Crippen LogP) is 3.67. The van der Waals surface area contributed by atoms with Crippen LogP contribution >= 0.6 is 23.2 Å². The smallest absolute Gasteiger partial charge is 0.468 e. The van der Waals surface area contributed by atoms with E-state index in [1.165, 1.54) is 0 Å². The van der Waals surface area contributed by atoms with Gasteiger partial charge in [0, 0.05) is 22.1 Å². The summed E-state index contributed by atoms with van der Waals surface area (Å²) in [6.07, 6.45) is 0. The van der Waals surface area contributed by atoms with E-state index in [0.717, 1.165) is 0 Å². The standard InChI is InChI=1S/C15H21BCl2O4/c1-6-19-9-20-12-8-10(17)7-11(18)13(12)16-21-14(2,3)15(4,5)22-16/h7-8H,6,9H2,1-5H3. The Hall–Kier alpha value is -0.455. The zero-order chi connectivity index (χ0) is 16.5. The van der Waals surface area contributed by atoms with Gasteiger partial charge in [-0.05, 0) is 46.8 Å². The molecule has 1 heterocycles. The molecule has 1 aliphatic rings. The van der Waals surface area contributed by atoms with Crippen LogP contribution in [-0.2, 0) is 14.0 Å². The summed E-state index contributed by atoms with van der Waals surface area (Å²) in [5.41, 5.74) is -0.292. The van der Waals surface area contributed by atoms with Crippen molar-refractivity contribution in [2.24, 2.45) is 0 Å². The molecular formula is C15H21BCl2O4. The minimum Gasteiger partial charge on any atom is -0.468 e. The molecule has 1 aromatic carbocycles. The quantitative estimate of drug-likeness (QED) is 0.463. The lowest BCUT2D eigenvalue weighted by Gasteiger charge is -2.32. The van der Waals surface area contributed by atoms with E-state index < -0.39 is 18.3 Å². The second kappa shape index (κ2) is 6.58. The fourth-order valence-corrected chi connectivity index (χ4v) is 2.62. The summed E-state index contributed by atoms with van der Waals surface area (Å²) in [5.74, 6) is 0.504. The number of rotatable bonds is 5. The molecule has 7 heteroatoms. The number of hydrogen-bond acceptors (Lipinski definition) is 4. The molecule has 2 rings (SSSR count). The monoisotopic (exact) mass is 346 g/mol. The van der Waals surface area contributed by atoms with Gasteiger partial charge in [0.05, 0.1) is 11.2 Å². The van der Waals surface area contributed by atoms with Crippen LogP contribution in [0.5, 0.6) is 5.75 Å². The van der Waals surface area contributed by atoms with Crippen LogP contribution in [0, 0.1) is 0 Å². The minimum atomic E-state index is -0.619. The van der Waals surface area contributed by atoms with Gasteiger partial charge < -0.3 is 18.8 Å². The highest BCUT2D eigenvalue weighted by Gasteiger charge is 2.53. The van der Waals surface area contributed by atoms with Gasteiger partial charge in [0.2, 0.25) is 0 Å². The molecule has 0 unspecified atom stereocenters. The zero-order valence-electron chi connectivity index (χ0n) is 13.5. The van der Waals surface area contributed by atoms with Crippen molar-refractivity contribution in [2.75, 3.05) is 13.4 Å². The van der Waals surface area contributed by atoms with Crippen molar-refractivity contribution in [1.29, 1.82) is 0 Å². The second-order valence-electron chi connectivity index (χ2n) is 6.14. The van der Waals surface area contributed by atoms with Crippen LogP contribution in [0.2, 0.25) is 10.0 Å². The maximum absolute atomic E-state index is 6.35. The zero-order valence-corrected chi connectivity index (χ0v) is 15.0. The van der Waals surface area contributed by atoms with Crippen LogP contribution < -0.4 is 10.2 Å². The van der Waals surface area contributed by atoms with Gasteiger partial charge in [-0.25, -0.2) is 0 Å². The number of hydrogen-bond donors (Lipinski definition) is 0. The summed E-state index contributed by atoms with van der Waals surface area (Å²) < 4.78 is 23.0. The van der Waals surface area contributed by atoms with Gasteiger partial charge in [0.25, 0.3) is 0 Å². The first-order valence-corrected chi connectivity index (χ1v) is 7.98. The van der Waals surface area contributed by atoms with Gasteiger partial charge in [-0.15, -0.1) is 0 Å². The SMILES string of the molecule is CCOCOc1cc(Cl)cc(Cl)c1B1OC(C)(C)C(C)(C)O1. The van der Waals surface area contributed by atoms with Crippen molar-refractivity contribution in [1.82, 2.24) is 0 Å². The van der Waals surface area contributed by atoms with Gasteiger partial charge in [-0.2, -0.15) is 0 Å². The van der Waals surface area contributed by atoms with E-state index in [4.69, 9.17) is 42.0 Å². The maximum Gasteiger partial charge on any atom is 0.500 e. The molecule has 0 aromatic heterocycles. The Labute approximate surface area is 142 Å². The average molecular weight is 347 g/mol. The Balaban J connectivity index is 2.34. The Kier molecular flexibility index (Phi) is 5.35. The molecule has 0 N–H and O–H groups in total. The largest absolute Gasteiger partial charge is 0.500 e. The molecule has 1 aliphatic heterocycles. The molecular weight excluding hydrogens is 326 g/mol. The molecule has 1 saturated heterocycles. The van der Waals surface area contributed by atoms with Crippen molar-refractivity contribution in [3.63, 3.8) is 0 Å². The molecule has 0 amide bonds. The Morgan fingerprint density at radius 1 is 1.09 bits per heavy atom. The van der Waals surface area contributed by atoms with E-state index in [9.17, 15) is 0 Å². The fraction of sp³-hybridized carbons (Fsp3) is 0.600. The molecule has 22 heavy (non-hydrogen) atoms. The van der Waals surface area contributed by atoms with Crippen molar-refractivity contribution >= 4 is 35.8 Å². The van der Waals surface area contributed by atoms with Crippen LogP contribution in [0.15, 0.2) is 12.1 Å². The van der Waals surface area contributed by atoms with Crippen LogP contribution in [0.4, 0.5) is 0 Å². The van der Waals surface area contributed by atoms with Gasteiger partial charge in [-0.3, -0.25) is 0 Å². The van der Waals surface area contributed by atoms with Crippen LogP contribution in [0.1, 0.15) is 34.6 Å². The molecule has 4 nitrogen and oxygen atoms in total. The van der Waals surface area contributed by atoms with E-state index in [0.29, 0.717) is 27.9 Å². The molecule has 0 bridgehead atoms. The highest BCUT2D eigenvalue weighted by Crippen LogP contribution is 2.38. The average Bonchev–Trinajstić information content (AvgIpc) is 2.57. The van der Waals surface area contributed by atoms with E-state index >= 15 is 0 Å². The third kappa shape index (κ3) is 3.54. The molecule has 0 radical (unpaired) electrons. The number of benzene rings is 1. The van der Waals surface area contributed by atoms with Crippen molar-refractivity contribution < 1.29 is 18.8 Å². The second-order valence-corrected chi connectivity index (χ2v) is 6.99. The predicted molar refractivity (Wildman–Crippen MR) is 89.3 cm³/mol. The van der Waals surface area contributed by atoms with Crippen molar-refractivity contribution in [2.45, 2.75) is 45.8 Å². The lowest BCUT2D eigenvalue weighted by molar-refractivity contribution is 0.00578. The fourth-order valence-electron chi connectivity index (χ4n) is 2.06. The van der Waals surface area contributed by atoms with E-state index in [-0.39, 0.29) is 6.79 Å². The summed E-state index contributed by atoms with van der Waals surface area (Å²) in [4.78, 5) is 0. The summed E-state index contributed by atoms with van der Waals surface area (Å²) in [7, 11) is -0.619. The van der Waals surface area contributed by atoms with Gasteiger partial charge in [0.15, 0.2) is 6.79 Å². The molecule has 1 fully saturated rings. The Bertz CT molecular complexity index is 533. The number of ether oxygens (including phenoxy) is 2. The third-order valence-electron chi connectivity index (χ3n) is 4.05. The van der Waals surface area contributed by atoms with Gasteiger partial charge in [0.1, 0.15) is 5.75 Å². The van der Waals surface area contributed by atoms with Crippen molar-refractivity contribution in [3.05, 3.63) is 22.2 Å². The highest BCUT2D eigenvalue weighted by molar-refractivity contribution is 6.67. The summed E-state index contributed by atoms with van der Waals surface area (Å²) in [6.45, 7) is 10.5. The lowest BCUT2D eigenvalue weighted by atomic mass is 9.78. The normalized spacial score (nSPS) is 19.5. The summed E-state index contributed by atoms with van der Waals surface area (Å²) >= 11 is 12.4. The molecule has 0 saturated carbocycles. The van der Waals surface area contributed by atoms with Gasteiger partial charge >= 0.3 is 7.12 Å².